The monoisotopic (exact) mass is 414 g/mol. The molecule has 0 aromatic heterocycles. The molecule has 1 fully saturated rings. The van der Waals surface area contributed by atoms with E-state index in [1.54, 1.807) is 12.1 Å². The van der Waals surface area contributed by atoms with Gasteiger partial charge in [-0.25, -0.2) is 13.6 Å². The molecule has 1 heterocycles. The molecule has 2 aromatic rings. The zero-order valence-corrected chi connectivity index (χ0v) is 16.4. The Morgan fingerprint density at radius 3 is 2.60 bits per heavy atom. The quantitative estimate of drug-likeness (QED) is 0.574. The van der Waals surface area contributed by atoms with Gasteiger partial charge in [0.05, 0.1) is 18.8 Å². The Bertz CT molecular complexity index is 1040. The Hall–Kier alpha value is -3.55. The molecule has 6 nitrogen and oxygen atoms in total. The number of nitrogens with one attached hydrogen (secondary N) is 1. The predicted molar refractivity (Wildman–Crippen MR) is 108 cm³/mol. The van der Waals surface area contributed by atoms with Gasteiger partial charge >= 0.3 is 6.09 Å². The van der Waals surface area contributed by atoms with E-state index >= 15 is 0 Å². The van der Waals surface area contributed by atoms with E-state index in [-0.39, 0.29) is 41.6 Å². The lowest BCUT2D eigenvalue weighted by molar-refractivity contribution is -0.119. The van der Waals surface area contributed by atoms with Crippen molar-refractivity contribution < 1.29 is 27.9 Å². The Balaban J connectivity index is 1.78. The third-order valence-corrected chi connectivity index (χ3v) is 4.58. The number of anilines is 1. The van der Waals surface area contributed by atoms with Gasteiger partial charge in [-0.2, -0.15) is 0 Å². The fourth-order valence-corrected chi connectivity index (χ4v) is 3.00. The number of carbonyl (C=O) groups is 3. The highest BCUT2D eigenvalue weighted by Gasteiger charge is 2.32. The summed E-state index contributed by atoms with van der Waals surface area (Å²) in [6.45, 7) is 3.04. The van der Waals surface area contributed by atoms with Gasteiger partial charge in [-0.15, -0.1) is 0 Å². The van der Waals surface area contributed by atoms with Crippen molar-refractivity contribution in [3.05, 3.63) is 65.0 Å². The van der Waals surface area contributed by atoms with E-state index in [2.05, 4.69) is 5.32 Å². The van der Waals surface area contributed by atoms with Gasteiger partial charge in [0.1, 0.15) is 17.7 Å². The van der Waals surface area contributed by atoms with Crippen molar-refractivity contribution in [2.45, 2.75) is 20.0 Å². The molecule has 1 saturated heterocycles. The zero-order valence-electron chi connectivity index (χ0n) is 16.4. The maximum atomic E-state index is 14.6. The molecule has 0 radical (unpaired) electrons. The Labute approximate surface area is 172 Å². The molecule has 1 aliphatic rings. The second-order valence-corrected chi connectivity index (χ2v) is 6.89. The number of hydrogen-bond acceptors (Lipinski definition) is 4. The van der Waals surface area contributed by atoms with Gasteiger partial charge in [0.15, 0.2) is 5.78 Å². The van der Waals surface area contributed by atoms with Crippen LogP contribution in [0.2, 0.25) is 0 Å². The van der Waals surface area contributed by atoms with Crippen molar-refractivity contribution in [1.29, 1.82) is 0 Å². The van der Waals surface area contributed by atoms with Crippen LogP contribution in [0.5, 0.6) is 0 Å². The van der Waals surface area contributed by atoms with Crippen molar-refractivity contribution in [3.8, 4) is 0 Å². The first-order valence-corrected chi connectivity index (χ1v) is 9.25. The number of amides is 2. The van der Waals surface area contributed by atoms with Gasteiger partial charge in [0.2, 0.25) is 5.91 Å². The third-order valence-electron chi connectivity index (χ3n) is 4.58. The van der Waals surface area contributed by atoms with E-state index in [1.807, 2.05) is 0 Å². The average Bonchev–Trinajstić information content (AvgIpc) is 3.08. The van der Waals surface area contributed by atoms with Crippen LogP contribution in [-0.2, 0) is 9.53 Å². The highest BCUT2D eigenvalue weighted by Crippen LogP contribution is 2.27. The number of nitrogens with zero attached hydrogens (tertiary/aromatic N) is 1. The minimum atomic E-state index is -0.719. The molecule has 2 amide bonds. The Morgan fingerprint density at radius 1 is 1.20 bits per heavy atom. The lowest BCUT2D eigenvalue weighted by Crippen LogP contribution is -2.33. The maximum absolute atomic E-state index is 14.6. The second-order valence-electron chi connectivity index (χ2n) is 6.89. The standard InChI is InChI=1S/C22H20F2N2O4/c1-13(27)15-4-3-5-16(8-15)20(23)9-17-6-7-18(10-21(17)24)26-12-19(30-22(26)29)11-25-14(2)28/h3-10,19H,11-12H2,1-2H3,(H,25,28)/b20-9-/t19-/m0/s1. The molecule has 2 aromatic carbocycles. The molecule has 0 spiro atoms. The summed E-state index contributed by atoms with van der Waals surface area (Å²) in [5.41, 5.74) is 0.772. The van der Waals surface area contributed by atoms with Gasteiger partial charge in [-0.3, -0.25) is 14.5 Å². The minimum absolute atomic E-state index is 0.00756. The summed E-state index contributed by atoms with van der Waals surface area (Å²) in [7, 11) is 0. The second kappa shape index (κ2) is 8.86. The first kappa shape index (κ1) is 21.2. The number of hydrogen-bond donors (Lipinski definition) is 1. The van der Waals surface area contributed by atoms with Crippen LogP contribution >= 0.6 is 0 Å². The molecule has 8 heteroatoms. The SMILES string of the molecule is CC(=O)NC[C@H]1CN(c2ccc(/C=C(\F)c3cccc(C(C)=O)c3)c(F)c2)C(=O)O1. The van der Waals surface area contributed by atoms with Crippen molar-refractivity contribution in [3.63, 3.8) is 0 Å². The normalized spacial score (nSPS) is 16.4. The average molecular weight is 414 g/mol. The molecule has 156 valence electrons. The van der Waals surface area contributed by atoms with Crippen molar-refractivity contribution in [2.75, 3.05) is 18.0 Å². The predicted octanol–water partition coefficient (Wildman–Crippen LogP) is 3.96. The Kier molecular flexibility index (Phi) is 6.25. The molecule has 0 saturated carbocycles. The molecule has 1 aliphatic heterocycles. The summed E-state index contributed by atoms with van der Waals surface area (Å²) in [5.74, 6) is -1.86. The Morgan fingerprint density at radius 2 is 1.93 bits per heavy atom. The molecular formula is C22H20F2N2O4. The summed E-state index contributed by atoms with van der Waals surface area (Å²) < 4.78 is 34.3. The molecule has 0 unspecified atom stereocenters. The fourth-order valence-electron chi connectivity index (χ4n) is 3.00. The van der Waals surface area contributed by atoms with E-state index in [4.69, 9.17) is 4.74 Å². The molecule has 0 aliphatic carbocycles. The van der Waals surface area contributed by atoms with Crippen molar-refractivity contribution in [1.82, 2.24) is 5.32 Å². The third kappa shape index (κ3) is 4.89. The van der Waals surface area contributed by atoms with E-state index < -0.39 is 23.8 Å². The van der Waals surface area contributed by atoms with Gasteiger partial charge in [-0.05, 0) is 37.3 Å². The summed E-state index contributed by atoms with van der Waals surface area (Å²) in [5, 5.41) is 2.56. The van der Waals surface area contributed by atoms with Crippen LogP contribution in [0.3, 0.4) is 0 Å². The highest BCUT2D eigenvalue weighted by atomic mass is 19.1. The number of halogens is 2. The fraction of sp³-hybridized carbons (Fsp3) is 0.227. The molecule has 30 heavy (non-hydrogen) atoms. The first-order valence-electron chi connectivity index (χ1n) is 9.25. The maximum Gasteiger partial charge on any atom is 0.414 e. The van der Waals surface area contributed by atoms with Gasteiger partial charge in [0, 0.05) is 23.6 Å². The topological polar surface area (TPSA) is 75.7 Å². The van der Waals surface area contributed by atoms with Gasteiger partial charge in [-0.1, -0.05) is 18.2 Å². The van der Waals surface area contributed by atoms with Crippen LogP contribution in [-0.4, -0.2) is 37.0 Å². The van der Waals surface area contributed by atoms with Gasteiger partial charge in [0.25, 0.3) is 0 Å². The van der Waals surface area contributed by atoms with Crippen LogP contribution in [0.15, 0.2) is 42.5 Å². The number of carbonyl (C=O) groups excluding carboxylic acids is 3. The summed E-state index contributed by atoms with van der Waals surface area (Å²) in [4.78, 5) is 35.7. The van der Waals surface area contributed by atoms with Crippen LogP contribution in [0.4, 0.5) is 19.3 Å². The van der Waals surface area contributed by atoms with E-state index in [0.717, 1.165) is 12.1 Å². The largest absolute Gasteiger partial charge is 0.442 e. The number of rotatable bonds is 6. The number of benzene rings is 2. The number of cyclic esters (lactones) is 1. The van der Waals surface area contributed by atoms with Crippen molar-refractivity contribution >= 4 is 35.4 Å². The molecular weight excluding hydrogens is 394 g/mol. The molecule has 1 N–H and O–H groups in total. The lowest BCUT2D eigenvalue weighted by Gasteiger charge is -2.14. The number of ketones is 1. The summed E-state index contributed by atoms with van der Waals surface area (Å²) in [6, 6.07) is 9.96. The highest BCUT2D eigenvalue weighted by molar-refractivity contribution is 5.95. The van der Waals surface area contributed by atoms with E-state index in [0.29, 0.717) is 5.56 Å². The summed E-state index contributed by atoms with van der Waals surface area (Å²) in [6.07, 6.45) is -0.171. The summed E-state index contributed by atoms with van der Waals surface area (Å²) >= 11 is 0. The number of ether oxygens (including phenoxy) is 1. The van der Waals surface area contributed by atoms with Crippen molar-refractivity contribution in [2.24, 2.45) is 0 Å². The molecule has 1 atom stereocenters. The van der Waals surface area contributed by atoms with Crippen LogP contribution in [0, 0.1) is 5.82 Å². The van der Waals surface area contributed by atoms with Crippen LogP contribution in [0.25, 0.3) is 11.9 Å². The lowest BCUT2D eigenvalue weighted by atomic mass is 10.1. The smallest absolute Gasteiger partial charge is 0.414 e. The number of Topliss-reactive ketones (excluding diaryl/α,β-unsaturated/α-hetero) is 1. The zero-order chi connectivity index (χ0) is 21.8. The molecule has 0 bridgehead atoms. The minimum Gasteiger partial charge on any atom is -0.442 e. The van der Waals surface area contributed by atoms with Crippen LogP contribution < -0.4 is 10.2 Å². The van der Waals surface area contributed by atoms with E-state index in [1.165, 1.54) is 43.0 Å². The van der Waals surface area contributed by atoms with E-state index in [9.17, 15) is 23.2 Å². The molecule has 3 rings (SSSR count). The van der Waals surface area contributed by atoms with Gasteiger partial charge < -0.3 is 10.1 Å². The first-order chi connectivity index (χ1) is 14.2. The van der Waals surface area contributed by atoms with Crippen LogP contribution in [0.1, 0.15) is 35.3 Å².